The normalized spacial score (nSPS) is 10.4. The Labute approximate surface area is 106 Å². The molecule has 0 aliphatic heterocycles. The number of carbonyl (C=O) groups is 1. The third-order valence-electron chi connectivity index (χ3n) is 2.11. The van der Waals surface area contributed by atoms with Crippen LogP contribution in [0, 0.1) is 11.8 Å². The molecule has 0 radical (unpaired) electrons. The Morgan fingerprint density at radius 2 is 2.39 bits per heavy atom. The Bertz CT molecular complexity index is 469. The SMILES string of the molecule is COC(=O)C#CCCC/C(O)=C/c1ccccn1. The molecule has 0 aromatic carbocycles. The number of unbranched alkanes of at least 4 members (excludes halogenated alkanes) is 1. The third-order valence-corrected chi connectivity index (χ3v) is 2.11. The highest BCUT2D eigenvalue weighted by Crippen LogP contribution is 2.08. The Morgan fingerprint density at radius 3 is 3.06 bits per heavy atom. The highest BCUT2D eigenvalue weighted by molar-refractivity contribution is 5.88. The standard InChI is InChI=1S/C14H15NO3/c1-18-14(17)9-4-2-3-8-13(16)11-12-7-5-6-10-15-12/h5-7,10-11,16H,2-3,8H2,1H3/b13-11-. The number of methoxy groups -OCH3 is 1. The molecule has 0 amide bonds. The van der Waals surface area contributed by atoms with Crippen molar-refractivity contribution in [1.82, 2.24) is 4.98 Å². The van der Waals surface area contributed by atoms with Gasteiger partial charge in [-0.15, -0.1) is 0 Å². The fourth-order valence-corrected chi connectivity index (χ4v) is 1.25. The summed E-state index contributed by atoms with van der Waals surface area (Å²) < 4.78 is 4.38. The van der Waals surface area contributed by atoms with E-state index in [1.54, 1.807) is 12.3 Å². The number of pyridine rings is 1. The van der Waals surface area contributed by atoms with E-state index in [1.165, 1.54) is 7.11 Å². The Kier molecular flexibility index (Phi) is 6.05. The number of nitrogens with zero attached hydrogens (tertiary/aromatic N) is 1. The monoisotopic (exact) mass is 245 g/mol. The molecular formula is C14H15NO3. The average molecular weight is 245 g/mol. The zero-order chi connectivity index (χ0) is 13.2. The van der Waals surface area contributed by atoms with Crippen LogP contribution in [0.2, 0.25) is 0 Å². The predicted molar refractivity (Wildman–Crippen MR) is 68.5 cm³/mol. The molecule has 1 N–H and O–H groups in total. The number of hydrogen-bond acceptors (Lipinski definition) is 4. The van der Waals surface area contributed by atoms with Gasteiger partial charge in [0, 0.05) is 31.0 Å². The van der Waals surface area contributed by atoms with E-state index in [1.807, 2.05) is 18.2 Å². The van der Waals surface area contributed by atoms with Crippen LogP contribution in [-0.2, 0) is 9.53 Å². The number of carbonyl (C=O) groups excluding carboxylic acids is 1. The molecule has 0 unspecified atom stereocenters. The number of aliphatic hydroxyl groups is 1. The smallest absolute Gasteiger partial charge is 0.384 e. The summed E-state index contributed by atoms with van der Waals surface area (Å²) in [5.74, 6) is 4.73. The van der Waals surface area contributed by atoms with Gasteiger partial charge in [0.05, 0.1) is 18.6 Å². The molecule has 0 aliphatic carbocycles. The molecule has 0 saturated carbocycles. The van der Waals surface area contributed by atoms with E-state index in [0.29, 0.717) is 19.3 Å². The average Bonchev–Trinajstić information content (AvgIpc) is 2.39. The van der Waals surface area contributed by atoms with E-state index in [0.717, 1.165) is 5.69 Å². The van der Waals surface area contributed by atoms with Gasteiger partial charge in [-0.05, 0) is 18.6 Å². The molecule has 0 bridgehead atoms. The highest BCUT2D eigenvalue weighted by atomic mass is 16.5. The maximum atomic E-state index is 10.7. The van der Waals surface area contributed by atoms with E-state index in [2.05, 4.69) is 21.6 Å². The summed E-state index contributed by atoms with van der Waals surface area (Å²) in [6, 6.07) is 5.48. The van der Waals surface area contributed by atoms with Crippen LogP contribution in [0.15, 0.2) is 30.2 Å². The first-order chi connectivity index (χ1) is 8.72. The molecule has 1 aromatic heterocycles. The molecule has 1 aromatic rings. The lowest BCUT2D eigenvalue weighted by Gasteiger charge is -1.97. The molecule has 0 aliphatic rings. The quantitative estimate of drug-likeness (QED) is 0.291. The minimum Gasteiger partial charge on any atom is -0.512 e. The van der Waals surface area contributed by atoms with Crippen molar-refractivity contribution in [2.24, 2.45) is 0 Å². The number of aromatic nitrogens is 1. The van der Waals surface area contributed by atoms with Gasteiger partial charge in [0.15, 0.2) is 0 Å². The van der Waals surface area contributed by atoms with Crippen molar-refractivity contribution in [2.45, 2.75) is 19.3 Å². The second-order valence-corrected chi connectivity index (χ2v) is 3.54. The van der Waals surface area contributed by atoms with Crippen LogP contribution in [0.25, 0.3) is 6.08 Å². The van der Waals surface area contributed by atoms with E-state index in [-0.39, 0.29) is 5.76 Å². The number of rotatable bonds is 4. The van der Waals surface area contributed by atoms with E-state index < -0.39 is 5.97 Å². The molecule has 94 valence electrons. The van der Waals surface area contributed by atoms with Crippen molar-refractivity contribution in [3.63, 3.8) is 0 Å². The zero-order valence-electron chi connectivity index (χ0n) is 10.2. The van der Waals surface area contributed by atoms with Gasteiger partial charge < -0.3 is 9.84 Å². The number of aliphatic hydroxyl groups excluding tert-OH is 1. The van der Waals surface area contributed by atoms with E-state index in [9.17, 15) is 9.90 Å². The number of allylic oxidation sites excluding steroid dienone is 1. The fraction of sp³-hybridized carbons (Fsp3) is 0.286. The molecule has 4 nitrogen and oxygen atoms in total. The highest BCUT2D eigenvalue weighted by Gasteiger charge is 1.95. The topological polar surface area (TPSA) is 59.4 Å². The van der Waals surface area contributed by atoms with Crippen molar-refractivity contribution in [2.75, 3.05) is 7.11 Å². The van der Waals surface area contributed by atoms with Crippen LogP contribution in [0.3, 0.4) is 0 Å². The first-order valence-electron chi connectivity index (χ1n) is 5.60. The molecule has 4 heteroatoms. The van der Waals surface area contributed by atoms with Crippen molar-refractivity contribution in [3.05, 3.63) is 35.8 Å². The second kappa shape index (κ2) is 7.91. The second-order valence-electron chi connectivity index (χ2n) is 3.54. The van der Waals surface area contributed by atoms with Crippen molar-refractivity contribution in [1.29, 1.82) is 0 Å². The van der Waals surface area contributed by atoms with Crippen LogP contribution in [0.5, 0.6) is 0 Å². The summed E-state index contributed by atoms with van der Waals surface area (Å²) >= 11 is 0. The number of ether oxygens (including phenoxy) is 1. The van der Waals surface area contributed by atoms with Crippen molar-refractivity contribution in [3.8, 4) is 11.8 Å². The van der Waals surface area contributed by atoms with Gasteiger partial charge >= 0.3 is 5.97 Å². The molecule has 0 fully saturated rings. The maximum Gasteiger partial charge on any atom is 0.384 e. The van der Waals surface area contributed by atoms with Crippen LogP contribution in [0.4, 0.5) is 0 Å². The van der Waals surface area contributed by atoms with Crippen LogP contribution in [0.1, 0.15) is 25.0 Å². The minimum atomic E-state index is -0.539. The lowest BCUT2D eigenvalue weighted by atomic mass is 10.2. The van der Waals surface area contributed by atoms with E-state index >= 15 is 0 Å². The summed E-state index contributed by atoms with van der Waals surface area (Å²) in [5, 5.41) is 9.64. The lowest BCUT2D eigenvalue weighted by Crippen LogP contribution is -1.94. The fourth-order valence-electron chi connectivity index (χ4n) is 1.25. The lowest BCUT2D eigenvalue weighted by molar-refractivity contribution is -0.133. The molecular weight excluding hydrogens is 230 g/mol. The molecule has 18 heavy (non-hydrogen) atoms. The Hall–Kier alpha value is -2.28. The van der Waals surface area contributed by atoms with Crippen LogP contribution in [-0.4, -0.2) is 23.2 Å². The summed E-state index contributed by atoms with van der Waals surface area (Å²) in [4.78, 5) is 14.8. The first-order valence-corrected chi connectivity index (χ1v) is 5.60. The predicted octanol–water partition coefficient (Wildman–Crippen LogP) is 2.33. The molecule has 0 atom stereocenters. The molecule has 1 heterocycles. The van der Waals surface area contributed by atoms with Gasteiger partial charge in [0.1, 0.15) is 0 Å². The van der Waals surface area contributed by atoms with Crippen molar-refractivity contribution >= 4 is 12.0 Å². The van der Waals surface area contributed by atoms with Crippen LogP contribution < -0.4 is 0 Å². The molecule has 0 spiro atoms. The Balaban J connectivity index is 2.33. The maximum absolute atomic E-state index is 10.7. The first kappa shape index (κ1) is 13.8. The third kappa shape index (κ3) is 5.71. The largest absolute Gasteiger partial charge is 0.512 e. The molecule has 1 rings (SSSR count). The summed E-state index contributed by atoms with van der Waals surface area (Å²) in [7, 11) is 1.29. The summed E-state index contributed by atoms with van der Waals surface area (Å²) in [5.41, 5.74) is 0.718. The van der Waals surface area contributed by atoms with Gasteiger partial charge in [-0.3, -0.25) is 4.98 Å². The van der Waals surface area contributed by atoms with Gasteiger partial charge in [0.2, 0.25) is 0 Å². The molecule has 0 saturated heterocycles. The minimum absolute atomic E-state index is 0.258. The van der Waals surface area contributed by atoms with Gasteiger partial charge in [-0.25, -0.2) is 4.79 Å². The van der Waals surface area contributed by atoms with Crippen molar-refractivity contribution < 1.29 is 14.6 Å². The number of esters is 1. The Morgan fingerprint density at radius 1 is 1.56 bits per heavy atom. The van der Waals surface area contributed by atoms with Gasteiger partial charge in [0.25, 0.3) is 0 Å². The number of hydrogen-bond donors (Lipinski definition) is 1. The summed E-state index contributed by atoms with van der Waals surface area (Å²) in [6.45, 7) is 0. The summed E-state index contributed by atoms with van der Waals surface area (Å²) in [6.07, 6.45) is 5.01. The zero-order valence-corrected chi connectivity index (χ0v) is 10.2. The van der Waals surface area contributed by atoms with Gasteiger partial charge in [-0.2, -0.15) is 0 Å². The van der Waals surface area contributed by atoms with Crippen LogP contribution >= 0.6 is 0 Å². The van der Waals surface area contributed by atoms with E-state index in [4.69, 9.17) is 0 Å². The van der Waals surface area contributed by atoms with Gasteiger partial charge in [-0.1, -0.05) is 12.0 Å².